The summed E-state index contributed by atoms with van der Waals surface area (Å²) in [6.07, 6.45) is 2.05. The van der Waals surface area contributed by atoms with Crippen LogP contribution in [0.25, 0.3) is 0 Å². The molecule has 1 fully saturated rings. The normalized spacial score (nSPS) is 18.0. The third kappa shape index (κ3) is 1.42. The van der Waals surface area contributed by atoms with E-state index in [2.05, 4.69) is 9.88 Å². The van der Waals surface area contributed by atoms with Gasteiger partial charge < -0.3 is 9.64 Å². The van der Waals surface area contributed by atoms with E-state index in [9.17, 15) is 0 Å². The quantitative estimate of drug-likeness (QED) is 0.733. The van der Waals surface area contributed by atoms with E-state index in [1.54, 1.807) is 13.3 Å². The van der Waals surface area contributed by atoms with Gasteiger partial charge in [0.15, 0.2) is 5.13 Å². The summed E-state index contributed by atoms with van der Waals surface area (Å²) in [4.78, 5) is 6.32. The van der Waals surface area contributed by atoms with Gasteiger partial charge in [-0.05, 0) is 0 Å². The third-order valence-electron chi connectivity index (χ3n) is 1.92. The van der Waals surface area contributed by atoms with Gasteiger partial charge in [-0.1, -0.05) is 22.9 Å². The summed E-state index contributed by atoms with van der Waals surface area (Å²) < 4.78 is 5.89. The lowest BCUT2D eigenvalue weighted by Crippen LogP contribution is -2.51. The second-order valence-corrected chi connectivity index (χ2v) is 4.35. The molecule has 0 aromatic carbocycles. The summed E-state index contributed by atoms with van der Waals surface area (Å²) in [6, 6.07) is 0. The summed E-state index contributed by atoms with van der Waals surface area (Å²) in [5.74, 6) is 0. The maximum atomic E-state index is 5.75. The van der Waals surface area contributed by atoms with Gasteiger partial charge in [0, 0.05) is 20.2 Å². The average Bonchev–Trinajstić information content (AvgIpc) is 2.34. The first-order valence-corrected chi connectivity index (χ1v) is 4.88. The van der Waals surface area contributed by atoms with E-state index in [0.29, 0.717) is 6.10 Å². The first kappa shape index (κ1) is 8.29. The number of ether oxygens (including phenoxy) is 1. The molecule has 1 aromatic heterocycles. The van der Waals surface area contributed by atoms with Crippen molar-refractivity contribution in [1.82, 2.24) is 4.98 Å². The monoisotopic (exact) mass is 204 g/mol. The van der Waals surface area contributed by atoms with Crippen LogP contribution in [0.2, 0.25) is 4.34 Å². The van der Waals surface area contributed by atoms with Gasteiger partial charge in [0.05, 0.1) is 12.3 Å². The van der Waals surface area contributed by atoms with Gasteiger partial charge >= 0.3 is 0 Å². The number of aromatic nitrogens is 1. The number of rotatable bonds is 2. The molecule has 0 atom stereocenters. The predicted octanol–water partition coefficient (Wildman–Crippen LogP) is 1.63. The molecule has 12 heavy (non-hydrogen) atoms. The highest BCUT2D eigenvalue weighted by molar-refractivity contribution is 7.19. The molecular formula is C7H9ClN2OS. The number of methoxy groups -OCH3 is 1. The molecule has 1 aromatic rings. The fraction of sp³-hybridized carbons (Fsp3) is 0.571. The van der Waals surface area contributed by atoms with E-state index < -0.39 is 0 Å². The second kappa shape index (κ2) is 3.20. The van der Waals surface area contributed by atoms with Crippen LogP contribution in [0.15, 0.2) is 6.20 Å². The van der Waals surface area contributed by atoms with Crippen LogP contribution in [-0.4, -0.2) is 31.3 Å². The number of nitrogens with zero attached hydrogens (tertiary/aromatic N) is 2. The summed E-state index contributed by atoms with van der Waals surface area (Å²) in [6.45, 7) is 1.86. The molecule has 0 aliphatic carbocycles. The Morgan fingerprint density at radius 3 is 3.00 bits per heavy atom. The molecule has 0 spiro atoms. The van der Waals surface area contributed by atoms with Gasteiger partial charge in [0.1, 0.15) is 4.34 Å². The smallest absolute Gasteiger partial charge is 0.186 e. The molecule has 0 unspecified atom stereocenters. The fourth-order valence-corrected chi connectivity index (χ4v) is 2.05. The van der Waals surface area contributed by atoms with Crippen molar-refractivity contribution in [1.29, 1.82) is 0 Å². The minimum atomic E-state index is 0.368. The van der Waals surface area contributed by atoms with Crippen molar-refractivity contribution in [2.24, 2.45) is 0 Å². The predicted molar refractivity (Wildman–Crippen MR) is 50.1 cm³/mol. The van der Waals surface area contributed by atoms with Crippen LogP contribution < -0.4 is 4.90 Å². The Bertz CT molecular complexity index is 272. The van der Waals surface area contributed by atoms with Gasteiger partial charge in [-0.25, -0.2) is 4.98 Å². The highest BCUT2D eigenvalue weighted by atomic mass is 35.5. The number of hydrogen-bond donors (Lipinski definition) is 0. The Balaban J connectivity index is 1.96. The van der Waals surface area contributed by atoms with Crippen molar-refractivity contribution < 1.29 is 4.74 Å². The molecule has 0 saturated carbocycles. The van der Waals surface area contributed by atoms with E-state index in [0.717, 1.165) is 22.6 Å². The number of anilines is 1. The van der Waals surface area contributed by atoms with Crippen molar-refractivity contribution in [2.45, 2.75) is 6.10 Å². The Morgan fingerprint density at radius 2 is 2.50 bits per heavy atom. The standard InChI is InChI=1S/C7H9ClN2OS/c1-11-5-3-10(4-5)7-9-2-6(8)12-7/h2,5H,3-4H2,1H3. The van der Waals surface area contributed by atoms with Crippen LogP contribution in [0, 0.1) is 0 Å². The Labute approximate surface area is 79.9 Å². The summed E-state index contributed by atoms with van der Waals surface area (Å²) in [5.41, 5.74) is 0. The minimum Gasteiger partial charge on any atom is -0.378 e. The Hall–Kier alpha value is -0.320. The molecule has 1 aliphatic heterocycles. The minimum absolute atomic E-state index is 0.368. The molecule has 1 saturated heterocycles. The fourth-order valence-electron chi connectivity index (χ4n) is 1.14. The van der Waals surface area contributed by atoms with Crippen molar-refractivity contribution in [3.05, 3.63) is 10.5 Å². The lowest BCUT2D eigenvalue weighted by atomic mass is 10.2. The van der Waals surface area contributed by atoms with Gasteiger partial charge in [-0.3, -0.25) is 0 Å². The molecule has 0 radical (unpaired) electrons. The van der Waals surface area contributed by atoms with Crippen LogP contribution in [0.3, 0.4) is 0 Å². The zero-order valence-electron chi connectivity index (χ0n) is 6.66. The summed E-state index contributed by atoms with van der Waals surface area (Å²) in [7, 11) is 1.73. The molecule has 5 heteroatoms. The topological polar surface area (TPSA) is 25.4 Å². The maximum absolute atomic E-state index is 5.75. The van der Waals surface area contributed by atoms with Crippen LogP contribution >= 0.6 is 22.9 Å². The van der Waals surface area contributed by atoms with Gasteiger partial charge in [0.25, 0.3) is 0 Å². The van der Waals surface area contributed by atoms with Crippen molar-refractivity contribution >= 4 is 28.1 Å². The lowest BCUT2D eigenvalue weighted by Gasteiger charge is -2.37. The number of hydrogen-bond acceptors (Lipinski definition) is 4. The van der Waals surface area contributed by atoms with Crippen LogP contribution in [-0.2, 0) is 4.74 Å². The zero-order valence-corrected chi connectivity index (χ0v) is 8.23. The molecule has 2 heterocycles. The van der Waals surface area contributed by atoms with E-state index in [-0.39, 0.29) is 0 Å². The zero-order chi connectivity index (χ0) is 8.55. The molecule has 0 amide bonds. The van der Waals surface area contributed by atoms with E-state index >= 15 is 0 Å². The molecule has 3 nitrogen and oxygen atoms in total. The van der Waals surface area contributed by atoms with Crippen LogP contribution in [0.5, 0.6) is 0 Å². The molecule has 2 rings (SSSR count). The van der Waals surface area contributed by atoms with Crippen molar-refractivity contribution in [3.8, 4) is 0 Å². The molecule has 66 valence electrons. The third-order valence-corrected chi connectivity index (χ3v) is 3.09. The first-order chi connectivity index (χ1) is 5.79. The highest BCUT2D eigenvalue weighted by Crippen LogP contribution is 2.29. The summed E-state index contributed by atoms with van der Waals surface area (Å²) >= 11 is 7.26. The molecule has 0 N–H and O–H groups in total. The molecule has 1 aliphatic rings. The molecule has 0 bridgehead atoms. The first-order valence-electron chi connectivity index (χ1n) is 3.68. The van der Waals surface area contributed by atoms with E-state index in [4.69, 9.17) is 16.3 Å². The van der Waals surface area contributed by atoms with Crippen molar-refractivity contribution in [2.75, 3.05) is 25.1 Å². The van der Waals surface area contributed by atoms with E-state index in [1.807, 2.05) is 0 Å². The maximum Gasteiger partial charge on any atom is 0.186 e. The molecular weight excluding hydrogens is 196 g/mol. The van der Waals surface area contributed by atoms with Crippen molar-refractivity contribution in [3.63, 3.8) is 0 Å². The SMILES string of the molecule is COC1CN(c2ncc(Cl)s2)C1. The number of thiazole rings is 1. The summed E-state index contributed by atoms with van der Waals surface area (Å²) in [5, 5.41) is 0.994. The largest absolute Gasteiger partial charge is 0.378 e. The Morgan fingerprint density at radius 1 is 1.75 bits per heavy atom. The van der Waals surface area contributed by atoms with Gasteiger partial charge in [-0.15, -0.1) is 0 Å². The van der Waals surface area contributed by atoms with Crippen LogP contribution in [0.1, 0.15) is 0 Å². The van der Waals surface area contributed by atoms with Crippen LogP contribution in [0.4, 0.5) is 5.13 Å². The highest BCUT2D eigenvalue weighted by Gasteiger charge is 2.28. The Kier molecular flexibility index (Phi) is 2.21. The average molecular weight is 205 g/mol. The van der Waals surface area contributed by atoms with E-state index in [1.165, 1.54) is 11.3 Å². The van der Waals surface area contributed by atoms with Gasteiger partial charge in [-0.2, -0.15) is 0 Å². The second-order valence-electron chi connectivity index (χ2n) is 2.71. The number of halogens is 1. The van der Waals surface area contributed by atoms with Gasteiger partial charge in [0.2, 0.25) is 0 Å². The lowest BCUT2D eigenvalue weighted by molar-refractivity contribution is 0.0787.